The number of aliphatic imine (C=N–C) groups is 1. The molecule has 2 heterocycles. The van der Waals surface area contributed by atoms with Gasteiger partial charge in [0.2, 0.25) is 5.91 Å². The Hall–Kier alpha value is -2.70. The molecule has 3 rings (SSSR count). The molecule has 0 bridgehead atoms. The van der Waals surface area contributed by atoms with Crippen molar-refractivity contribution in [2.75, 3.05) is 13.6 Å². The number of hydrogen-bond acceptors (Lipinski definition) is 5. The molecule has 148 valence electrons. The molecular weight excluding hydrogens is 354 g/mol. The fraction of sp³-hybridized carbons (Fsp3) is 0.364. The van der Waals surface area contributed by atoms with Crippen molar-refractivity contribution < 1.29 is 14.3 Å². The highest BCUT2D eigenvalue weighted by Gasteiger charge is 2.38. The lowest BCUT2D eigenvalue weighted by Crippen LogP contribution is -2.58. The van der Waals surface area contributed by atoms with Crippen molar-refractivity contribution in [3.63, 3.8) is 0 Å². The summed E-state index contributed by atoms with van der Waals surface area (Å²) in [6, 6.07) is 7.83. The van der Waals surface area contributed by atoms with Gasteiger partial charge < -0.3 is 20.2 Å². The Morgan fingerprint density at radius 2 is 2.14 bits per heavy atom. The number of carbonyl (C=O) groups is 1. The highest BCUT2D eigenvalue weighted by molar-refractivity contribution is 5.88. The number of para-hydroxylation sites is 1. The maximum Gasteiger partial charge on any atom is 0.246 e. The summed E-state index contributed by atoms with van der Waals surface area (Å²) in [5, 5.41) is 11.3. The first kappa shape index (κ1) is 20.0. The molecule has 6 heteroatoms. The number of likely N-dealkylation sites (N-methyl/N-ethyl adjacent to an activating group) is 1. The molecule has 1 aliphatic rings. The monoisotopic (exact) mass is 381 g/mol. The average Bonchev–Trinajstić information content (AvgIpc) is 2.95. The van der Waals surface area contributed by atoms with Crippen molar-refractivity contribution in [3.05, 3.63) is 59.4 Å². The predicted octanol–water partition coefficient (Wildman–Crippen LogP) is 2.74. The maximum absolute atomic E-state index is 12.5. The molecule has 1 aromatic heterocycles. The van der Waals surface area contributed by atoms with Crippen LogP contribution in [0.1, 0.15) is 25.2 Å². The van der Waals surface area contributed by atoms with Gasteiger partial charge in [0.25, 0.3) is 0 Å². The number of nitrogens with two attached hydrogens (primary N) is 1. The average molecular weight is 381 g/mol. The fourth-order valence-electron chi connectivity index (χ4n) is 3.10. The predicted molar refractivity (Wildman–Crippen MR) is 111 cm³/mol. The molecule has 28 heavy (non-hydrogen) atoms. The van der Waals surface area contributed by atoms with Gasteiger partial charge >= 0.3 is 0 Å². The number of hydrogen-bond donors (Lipinski definition) is 2. The van der Waals surface area contributed by atoms with Gasteiger partial charge in [-0.1, -0.05) is 30.4 Å². The van der Waals surface area contributed by atoms with Gasteiger partial charge in [-0.15, -0.1) is 0 Å². The standard InChI is InChI=1S/C22H27N3O3/c1-15-17-7-5-6-8-18(17)28-19(15)13-25(4)20(26)10-9-16-11-22(23,14-24-12-16)21(2,3)27/h5-11,14,27H,12-13,23H2,1-4H3/b10-9+. The van der Waals surface area contributed by atoms with Gasteiger partial charge in [-0.05, 0) is 32.4 Å². The van der Waals surface area contributed by atoms with E-state index in [4.69, 9.17) is 10.2 Å². The summed E-state index contributed by atoms with van der Waals surface area (Å²) in [5.74, 6) is 0.621. The molecule has 0 saturated carbocycles. The highest BCUT2D eigenvalue weighted by atomic mass is 16.3. The van der Waals surface area contributed by atoms with Gasteiger partial charge in [0.15, 0.2) is 0 Å². The van der Waals surface area contributed by atoms with Crippen LogP contribution in [0.5, 0.6) is 0 Å². The smallest absolute Gasteiger partial charge is 0.246 e. The summed E-state index contributed by atoms with van der Waals surface area (Å²) in [5.41, 5.74) is 6.66. The van der Waals surface area contributed by atoms with E-state index >= 15 is 0 Å². The lowest BCUT2D eigenvalue weighted by molar-refractivity contribution is -0.125. The van der Waals surface area contributed by atoms with Crippen LogP contribution in [0.3, 0.4) is 0 Å². The Balaban J connectivity index is 1.71. The molecule has 6 nitrogen and oxygen atoms in total. The maximum atomic E-state index is 12.5. The van der Waals surface area contributed by atoms with E-state index in [2.05, 4.69) is 4.99 Å². The van der Waals surface area contributed by atoms with Crippen molar-refractivity contribution in [1.29, 1.82) is 0 Å². The van der Waals surface area contributed by atoms with E-state index < -0.39 is 11.1 Å². The van der Waals surface area contributed by atoms with Crippen LogP contribution >= 0.6 is 0 Å². The number of aliphatic hydroxyl groups is 1. The molecule has 1 amide bonds. The molecule has 2 aromatic rings. The minimum atomic E-state index is -1.16. The second-order valence-electron chi connectivity index (χ2n) is 7.86. The van der Waals surface area contributed by atoms with E-state index in [1.165, 1.54) is 6.08 Å². The lowest BCUT2D eigenvalue weighted by atomic mass is 9.81. The summed E-state index contributed by atoms with van der Waals surface area (Å²) < 4.78 is 5.89. The Morgan fingerprint density at radius 1 is 1.43 bits per heavy atom. The van der Waals surface area contributed by atoms with Crippen LogP contribution in [-0.2, 0) is 11.3 Å². The number of rotatable bonds is 5. The number of amides is 1. The third-order valence-corrected chi connectivity index (χ3v) is 5.20. The number of nitrogens with zero attached hydrogens (tertiary/aromatic N) is 2. The van der Waals surface area contributed by atoms with Gasteiger partial charge in [0.1, 0.15) is 11.3 Å². The van der Waals surface area contributed by atoms with Crippen LogP contribution in [0.4, 0.5) is 0 Å². The number of benzene rings is 1. The van der Waals surface area contributed by atoms with Crippen LogP contribution in [0, 0.1) is 6.92 Å². The number of aryl methyl sites for hydroxylation is 1. The van der Waals surface area contributed by atoms with Gasteiger partial charge in [0, 0.05) is 30.3 Å². The zero-order valence-electron chi connectivity index (χ0n) is 16.8. The molecule has 3 N–H and O–H groups in total. The van der Waals surface area contributed by atoms with Crippen molar-refractivity contribution in [3.8, 4) is 0 Å². The van der Waals surface area contributed by atoms with E-state index in [1.54, 1.807) is 44.2 Å². The Kier molecular flexibility index (Phi) is 5.28. The minimum Gasteiger partial charge on any atom is -0.459 e. The van der Waals surface area contributed by atoms with Gasteiger partial charge in [0.05, 0.1) is 24.2 Å². The number of furan rings is 1. The van der Waals surface area contributed by atoms with E-state index in [-0.39, 0.29) is 5.91 Å². The van der Waals surface area contributed by atoms with Gasteiger partial charge in [-0.25, -0.2) is 0 Å². The summed E-state index contributed by atoms with van der Waals surface area (Å²) in [6.07, 6.45) is 6.51. The summed E-state index contributed by atoms with van der Waals surface area (Å²) in [7, 11) is 1.73. The van der Waals surface area contributed by atoms with Crippen LogP contribution in [0.15, 0.2) is 57.5 Å². The van der Waals surface area contributed by atoms with Gasteiger partial charge in [-0.3, -0.25) is 9.79 Å². The molecule has 0 spiro atoms. The van der Waals surface area contributed by atoms with Crippen molar-refractivity contribution in [2.24, 2.45) is 10.7 Å². The normalized spacial score (nSPS) is 20.0. The Bertz CT molecular complexity index is 979. The second kappa shape index (κ2) is 7.37. The van der Waals surface area contributed by atoms with Gasteiger partial charge in [-0.2, -0.15) is 0 Å². The first-order valence-corrected chi connectivity index (χ1v) is 9.25. The first-order chi connectivity index (χ1) is 13.1. The molecule has 1 aliphatic heterocycles. The number of dihydropyridines is 1. The fourth-order valence-corrected chi connectivity index (χ4v) is 3.10. The summed E-state index contributed by atoms with van der Waals surface area (Å²) >= 11 is 0. The van der Waals surface area contributed by atoms with Crippen molar-refractivity contribution in [1.82, 2.24) is 4.90 Å². The summed E-state index contributed by atoms with van der Waals surface area (Å²) in [4.78, 5) is 18.4. The molecule has 0 radical (unpaired) electrons. The first-order valence-electron chi connectivity index (χ1n) is 9.25. The minimum absolute atomic E-state index is 0.152. The van der Waals surface area contributed by atoms with E-state index in [0.29, 0.717) is 13.1 Å². The topological polar surface area (TPSA) is 92.1 Å². The van der Waals surface area contributed by atoms with Crippen LogP contribution < -0.4 is 5.73 Å². The van der Waals surface area contributed by atoms with E-state index in [1.807, 2.05) is 31.2 Å². The van der Waals surface area contributed by atoms with Crippen LogP contribution in [0.25, 0.3) is 11.0 Å². The number of fused-ring (bicyclic) bond motifs is 1. The molecule has 0 fully saturated rings. The van der Waals surface area contributed by atoms with Crippen LogP contribution in [-0.4, -0.2) is 46.9 Å². The molecule has 0 aliphatic carbocycles. The van der Waals surface area contributed by atoms with E-state index in [0.717, 1.165) is 27.9 Å². The lowest BCUT2D eigenvalue weighted by Gasteiger charge is -2.36. The molecule has 1 aromatic carbocycles. The van der Waals surface area contributed by atoms with E-state index in [9.17, 15) is 9.90 Å². The Morgan fingerprint density at radius 3 is 2.82 bits per heavy atom. The van der Waals surface area contributed by atoms with Crippen molar-refractivity contribution in [2.45, 2.75) is 38.5 Å². The molecular formula is C22H27N3O3. The van der Waals surface area contributed by atoms with Crippen LogP contribution in [0.2, 0.25) is 0 Å². The second-order valence-corrected chi connectivity index (χ2v) is 7.86. The largest absolute Gasteiger partial charge is 0.459 e. The third-order valence-electron chi connectivity index (χ3n) is 5.20. The molecule has 1 atom stereocenters. The zero-order chi connectivity index (χ0) is 20.5. The quantitative estimate of drug-likeness (QED) is 0.779. The Labute approximate surface area is 165 Å². The SMILES string of the molecule is Cc1c(CN(C)C(=O)/C=C/C2=CC(N)(C(C)(C)O)C=NC2)oc2ccccc12. The zero-order valence-corrected chi connectivity index (χ0v) is 16.8. The number of carbonyl (C=O) groups excluding carboxylic acids is 1. The highest BCUT2D eigenvalue weighted by Crippen LogP contribution is 2.26. The molecule has 0 saturated heterocycles. The molecule has 1 unspecified atom stereocenters. The third kappa shape index (κ3) is 3.93. The van der Waals surface area contributed by atoms with Crippen molar-refractivity contribution >= 4 is 23.1 Å². The summed E-state index contributed by atoms with van der Waals surface area (Å²) in [6.45, 7) is 6.07.